The van der Waals surface area contributed by atoms with Crippen molar-refractivity contribution in [2.45, 2.75) is 65.2 Å². The minimum atomic E-state index is -4.67. The van der Waals surface area contributed by atoms with Gasteiger partial charge in [0.05, 0.1) is 0 Å². The van der Waals surface area contributed by atoms with Gasteiger partial charge in [-0.05, 0) is 0 Å². The van der Waals surface area contributed by atoms with Gasteiger partial charge in [0, 0.05) is 0 Å². The van der Waals surface area contributed by atoms with E-state index in [0.717, 1.165) is 0 Å². The Balaban J connectivity index is -0.000000280. The molecule has 6 heteroatoms. The third-order valence-electron chi connectivity index (χ3n) is 2.05. The molecule has 0 saturated heterocycles. The minimum absolute atomic E-state index is 0. The van der Waals surface area contributed by atoms with E-state index in [2.05, 4.69) is 20.3 Å². The van der Waals surface area contributed by atoms with Gasteiger partial charge < -0.3 is 6.42 Å². The van der Waals surface area contributed by atoms with Crippen molar-refractivity contribution in [2.24, 2.45) is 0 Å². The van der Waals surface area contributed by atoms with Gasteiger partial charge in [-0.25, -0.2) is 0 Å². The first-order valence-corrected chi connectivity index (χ1v) is 7.33. The van der Waals surface area contributed by atoms with E-state index in [9.17, 15) is 0 Å². The molecule has 0 aliphatic heterocycles. The molecule has 100 valence electrons. The third-order valence-corrected chi connectivity index (χ3v) is 2.05. The first-order valence-electron chi connectivity index (χ1n) is 5.93. The van der Waals surface area contributed by atoms with E-state index in [-0.39, 0.29) is 29.6 Å². The molecule has 0 unspecified atom stereocenters. The Bertz CT molecular complexity index is 202. The van der Waals surface area contributed by atoms with Crippen molar-refractivity contribution in [2.75, 3.05) is 0 Å². The maximum Gasteiger partial charge on any atom is 1.00 e. The molecule has 0 spiro atoms. The predicted molar refractivity (Wildman–Crippen MR) is 66.8 cm³/mol. The predicted octanol–water partition coefficient (Wildman–Crippen LogP) is 0.702. The Morgan fingerprint density at radius 3 is 1.76 bits per heavy atom. The van der Waals surface area contributed by atoms with Crippen LogP contribution in [0.2, 0.25) is 0 Å². The average Bonchev–Trinajstić information content (AvgIpc) is 2.14. The van der Waals surface area contributed by atoms with Crippen LogP contribution in [0.1, 0.15) is 65.2 Å². The zero-order valence-electron chi connectivity index (χ0n) is 11.4. The number of rotatable bonds is 8. The molecule has 0 atom stereocenters. The number of unbranched alkanes of at least 4 members (excludes halogenated alkanes) is 8. The molecule has 0 aromatic carbocycles. The van der Waals surface area contributed by atoms with Gasteiger partial charge in [-0.1, -0.05) is 52.4 Å². The Morgan fingerprint density at radius 2 is 1.35 bits per heavy atom. The van der Waals surface area contributed by atoms with Crippen LogP contribution < -0.4 is 29.6 Å². The summed E-state index contributed by atoms with van der Waals surface area (Å²) in [6.07, 6.45) is 13.5. The minimum Gasteiger partial charge on any atom is -0.329 e. The molecule has 0 aromatic rings. The summed E-state index contributed by atoms with van der Waals surface area (Å²) >= 11 is 0. The van der Waals surface area contributed by atoms with E-state index >= 15 is 0 Å². The van der Waals surface area contributed by atoms with Crippen LogP contribution in [0.15, 0.2) is 0 Å². The maximum atomic E-state index is 8.74. The van der Waals surface area contributed by atoms with Crippen molar-refractivity contribution in [3.8, 4) is 0 Å². The largest absolute Gasteiger partial charge is 1.00 e. The fourth-order valence-corrected chi connectivity index (χ4v) is 1.27. The van der Waals surface area contributed by atoms with Gasteiger partial charge >= 0.3 is 40.0 Å². The van der Waals surface area contributed by atoms with Crippen molar-refractivity contribution >= 4 is 10.4 Å². The van der Waals surface area contributed by atoms with Crippen LogP contribution in [-0.2, 0) is 10.4 Å². The fraction of sp³-hybridized carbons (Fsp3) is 0.909. The van der Waals surface area contributed by atoms with E-state index in [1.807, 2.05) is 0 Å². The summed E-state index contributed by atoms with van der Waals surface area (Å²) < 4.78 is 31.6. The van der Waals surface area contributed by atoms with Crippen LogP contribution in [-0.4, -0.2) is 17.5 Å². The van der Waals surface area contributed by atoms with Crippen molar-refractivity contribution in [1.29, 1.82) is 0 Å². The summed E-state index contributed by atoms with van der Waals surface area (Å²) in [6.45, 7) is 4.49. The molecule has 0 rings (SSSR count). The molecule has 0 aliphatic rings. The van der Waals surface area contributed by atoms with Crippen molar-refractivity contribution < 1.29 is 47.1 Å². The molecular weight excluding hydrogens is 251 g/mol. The van der Waals surface area contributed by atoms with Crippen LogP contribution >= 0.6 is 0 Å². The second-order valence-electron chi connectivity index (χ2n) is 3.70. The molecule has 0 aromatic heterocycles. The van der Waals surface area contributed by atoms with Crippen LogP contribution in [0.25, 0.3) is 0 Å². The summed E-state index contributed by atoms with van der Waals surface area (Å²) in [5.41, 5.74) is 0. The van der Waals surface area contributed by atoms with Gasteiger partial charge in [0.25, 0.3) is 0 Å². The summed E-state index contributed by atoms with van der Waals surface area (Å²) in [5.74, 6) is 0. The molecule has 0 saturated carbocycles. The Labute approximate surface area is 128 Å². The molecule has 2 N–H and O–H groups in total. The number of hydrogen-bond donors (Lipinski definition) is 2. The van der Waals surface area contributed by atoms with Crippen LogP contribution in [0.5, 0.6) is 0 Å². The van der Waals surface area contributed by atoms with E-state index in [1.54, 1.807) is 0 Å². The van der Waals surface area contributed by atoms with Gasteiger partial charge in [-0.15, -0.1) is 0 Å². The standard InChI is InChI=1S/C11H23.Na.H2O4S/c1-3-5-7-9-11-10-8-6-4-2;;1-5(2,3)4/h5H,3-4,6-11H2,1-2H3;;(H2,1,2,3,4)/q-1;+1;. The van der Waals surface area contributed by atoms with Gasteiger partial charge in [-0.2, -0.15) is 21.3 Å². The van der Waals surface area contributed by atoms with Crippen LogP contribution in [0, 0.1) is 6.42 Å². The molecule has 0 aliphatic carbocycles. The summed E-state index contributed by atoms with van der Waals surface area (Å²) in [4.78, 5) is 0. The topological polar surface area (TPSA) is 74.6 Å². The van der Waals surface area contributed by atoms with Crippen LogP contribution in [0.3, 0.4) is 0 Å². The van der Waals surface area contributed by atoms with Gasteiger partial charge in [-0.3, -0.25) is 9.11 Å². The summed E-state index contributed by atoms with van der Waals surface area (Å²) in [5, 5.41) is 0. The first kappa shape index (κ1) is 23.0. The maximum absolute atomic E-state index is 8.74. The molecule has 0 bridgehead atoms. The SMILES string of the molecule is CC[CH-]CCCCCCCC.O=S(=O)(O)O.[Na+]. The fourth-order valence-electron chi connectivity index (χ4n) is 1.27. The smallest absolute Gasteiger partial charge is 0.329 e. The van der Waals surface area contributed by atoms with E-state index < -0.39 is 10.4 Å². The van der Waals surface area contributed by atoms with E-state index in [1.165, 1.54) is 51.4 Å². The average molecular weight is 276 g/mol. The molecule has 0 heterocycles. The van der Waals surface area contributed by atoms with Crippen molar-refractivity contribution in [1.82, 2.24) is 0 Å². The normalized spacial score (nSPS) is 10.1. The summed E-state index contributed by atoms with van der Waals surface area (Å²) in [6, 6.07) is 0. The van der Waals surface area contributed by atoms with Crippen molar-refractivity contribution in [3.05, 3.63) is 6.42 Å². The van der Waals surface area contributed by atoms with E-state index in [0.29, 0.717) is 0 Å². The molecular formula is C11H25NaO4S. The molecule has 4 nitrogen and oxygen atoms in total. The molecule has 0 fully saturated rings. The number of hydrogen-bond acceptors (Lipinski definition) is 2. The monoisotopic (exact) mass is 276 g/mol. The van der Waals surface area contributed by atoms with Crippen LogP contribution in [0.4, 0.5) is 0 Å². The van der Waals surface area contributed by atoms with Gasteiger partial charge in [0.15, 0.2) is 0 Å². The van der Waals surface area contributed by atoms with Crippen molar-refractivity contribution in [3.63, 3.8) is 0 Å². The van der Waals surface area contributed by atoms with Gasteiger partial charge in [0.1, 0.15) is 0 Å². The third kappa shape index (κ3) is 47.4. The van der Waals surface area contributed by atoms with Gasteiger partial charge in [0.2, 0.25) is 0 Å². The molecule has 0 radical (unpaired) electrons. The second-order valence-corrected chi connectivity index (χ2v) is 4.60. The summed E-state index contributed by atoms with van der Waals surface area (Å²) in [7, 11) is -4.67. The zero-order valence-corrected chi connectivity index (χ0v) is 14.2. The first-order chi connectivity index (χ1) is 7.41. The Morgan fingerprint density at radius 1 is 0.941 bits per heavy atom. The molecule has 0 amide bonds. The second kappa shape index (κ2) is 16.9. The zero-order chi connectivity index (χ0) is 12.9. The van der Waals surface area contributed by atoms with E-state index in [4.69, 9.17) is 17.5 Å². The quantitative estimate of drug-likeness (QED) is 0.296. The Hall–Kier alpha value is 0.870. The molecule has 17 heavy (non-hydrogen) atoms. The Kier molecular flexibility index (Phi) is 22.8.